The molecular formula is C24H32ClNO4. The van der Waals surface area contributed by atoms with Crippen LogP contribution in [0.1, 0.15) is 39.2 Å². The van der Waals surface area contributed by atoms with Crippen LogP contribution >= 0.6 is 11.6 Å². The van der Waals surface area contributed by atoms with Gasteiger partial charge in [0.1, 0.15) is 12.0 Å². The van der Waals surface area contributed by atoms with Crippen LogP contribution in [0.4, 0.5) is 5.69 Å². The van der Waals surface area contributed by atoms with Gasteiger partial charge in [0.25, 0.3) is 0 Å². The Morgan fingerprint density at radius 2 is 1.87 bits per heavy atom. The number of ether oxygens (including phenoxy) is 3. The number of esters is 1. The summed E-state index contributed by atoms with van der Waals surface area (Å²) < 4.78 is 16.1. The Morgan fingerprint density at radius 3 is 2.50 bits per heavy atom. The van der Waals surface area contributed by atoms with Crippen molar-refractivity contribution in [2.75, 3.05) is 25.2 Å². The molecule has 0 radical (unpaired) electrons. The van der Waals surface area contributed by atoms with E-state index in [0.717, 1.165) is 31.6 Å². The Balaban J connectivity index is 2.09. The number of nitrogens with zero attached hydrogens (tertiary/aromatic N) is 1. The first-order valence-electron chi connectivity index (χ1n) is 10.4. The summed E-state index contributed by atoms with van der Waals surface area (Å²) in [5.74, 6) is 0.238. The summed E-state index contributed by atoms with van der Waals surface area (Å²) in [6.07, 6.45) is 2.89. The topological polar surface area (TPSA) is 48.0 Å². The van der Waals surface area contributed by atoms with E-state index in [2.05, 4.69) is 36.5 Å². The van der Waals surface area contributed by atoms with Crippen LogP contribution in [-0.4, -0.2) is 38.6 Å². The normalized spacial score (nSPS) is 12.8. The molecule has 5 nitrogen and oxygen atoms in total. The maximum absolute atomic E-state index is 11.2. The Bertz CT molecular complexity index is 781. The minimum Gasteiger partial charge on any atom is -0.482 e. The largest absolute Gasteiger partial charge is 0.482 e. The van der Waals surface area contributed by atoms with Crippen molar-refractivity contribution in [3.63, 3.8) is 0 Å². The molecule has 6 heteroatoms. The number of carbonyl (C=O) groups excluding carboxylic acids is 1. The first kappa shape index (κ1) is 24.0. The summed E-state index contributed by atoms with van der Waals surface area (Å²) in [5.41, 5.74) is 2.21. The third-order valence-corrected chi connectivity index (χ3v) is 5.10. The van der Waals surface area contributed by atoms with Crippen molar-refractivity contribution in [3.05, 3.63) is 59.1 Å². The molecule has 0 saturated heterocycles. The van der Waals surface area contributed by atoms with Gasteiger partial charge in [-0.1, -0.05) is 43.1 Å². The van der Waals surface area contributed by atoms with Crippen LogP contribution in [0.5, 0.6) is 5.75 Å². The van der Waals surface area contributed by atoms with Gasteiger partial charge in [0.05, 0.1) is 7.11 Å². The van der Waals surface area contributed by atoms with Crippen molar-refractivity contribution < 1.29 is 19.0 Å². The minimum absolute atomic E-state index is 0.0762. The van der Waals surface area contributed by atoms with Crippen LogP contribution in [-0.2, 0) is 20.7 Å². The molecule has 0 aliphatic rings. The number of hydrogen-bond acceptors (Lipinski definition) is 5. The van der Waals surface area contributed by atoms with Gasteiger partial charge in [-0.15, -0.1) is 0 Å². The monoisotopic (exact) mass is 433 g/mol. The third-order valence-electron chi connectivity index (χ3n) is 4.87. The summed E-state index contributed by atoms with van der Waals surface area (Å²) in [4.78, 5) is 13.5. The Kier molecular flexibility index (Phi) is 9.98. The molecule has 0 aliphatic carbocycles. The smallest absolute Gasteiger partial charge is 0.343 e. The van der Waals surface area contributed by atoms with E-state index in [-0.39, 0.29) is 18.9 Å². The van der Waals surface area contributed by atoms with Gasteiger partial charge in [0.15, 0.2) is 6.61 Å². The second kappa shape index (κ2) is 12.5. The van der Waals surface area contributed by atoms with Crippen molar-refractivity contribution in [2.24, 2.45) is 0 Å². The van der Waals surface area contributed by atoms with Gasteiger partial charge in [0.2, 0.25) is 0 Å². The number of methoxy groups -OCH3 is 1. The van der Waals surface area contributed by atoms with Crippen LogP contribution < -0.4 is 9.64 Å². The highest BCUT2D eigenvalue weighted by atomic mass is 35.5. The molecule has 30 heavy (non-hydrogen) atoms. The first-order chi connectivity index (χ1) is 14.4. The predicted octanol–water partition coefficient (Wildman–Crippen LogP) is 5.49. The molecule has 0 amide bonds. The SMILES string of the molecule is CCCCOC(C)N(c1cccc(Cl)c1)C(C)Cc1ccc(OCC(=O)OC)cc1. The van der Waals surface area contributed by atoms with E-state index in [1.54, 1.807) is 0 Å². The summed E-state index contributed by atoms with van der Waals surface area (Å²) in [7, 11) is 1.34. The molecule has 0 heterocycles. The zero-order valence-electron chi connectivity index (χ0n) is 18.3. The molecule has 164 valence electrons. The number of unbranched alkanes of at least 4 members (excludes halogenated alkanes) is 1. The van der Waals surface area contributed by atoms with E-state index in [0.29, 0.717) is 10.8 Å². The zero-order valence-corrected chi connectivity index (χ0v) is 19.0. The zero-order chi connectivity index (χ0) is 21.9. The van der Waals surface area contributed by atoms with Gasteiger partial charge in [-0.2, -0.15) is 0 Å². The van der Waals surface area contributed by atoms with Crippen molar-refractivity contribution in [1.82, 2.24) is 0 Å². The van der Waals surface area contributed by atoms with Crippen LogP contribution in [0.15, 0.2) is 48.5 Å². The van der Waals surface area contributed by atoms with E-state index in [1.807, 2.05) is 42.5 Å². The third kappa shape index (κ3) is 7.54. The van der Waals surface area contributed by atoms with E-state index in [9.17, 15) is 4.79 Å². The summed E-state index contributed by atoms with van der Waals surface area (Å²) in [6, 6.07) is 15.8. The molecule has 0 fully saturated rings. The van der Waals surface area contributed by atoms with Gasteiger partial charge < -0.3 is 19.1 Å². The van der Waals surface area contributed by atoms with E-state index in [4.69, 9.17) is 21.1 Å². The average molecular weight is 434 g/mol. The molecule has 0 saturated carbocycles. The molecule has 0 N–H and O–H groups in total. The molecule has 0 aliphatic heterocycles. The lowest BCUT2D eigenvalue weighted by atomic mass is 10.0. The molecule has 0 spiro atoms. The fourth-order valence-electron chi connectivity index (χ4n) is 3.30. The lowest BCUT2D eigenvalue weighted by Gasteiger charge is -2.37. The molecule has 2 atom stereocenters. The van der Waals surface area contributed by atoms with Crippen LogP contribution in [0, 0.1) is 0 Å². The fourth-order valence-corrected chi connectivity index (χ4v) is 3.48. The van der Waals surface area contributed by atoms with Crippen LogP contribution in [0.2, 0.25) is 5.02 Å². The molecule has 2 aromatic rings. The Hall–Kier alpha value is -2.24. The molecular weight excluding hydrogens is 402 g/mol. The van der Waals surface area contributed by atoms with Gasteiger partial charge in [-0.3, -0.25) is 0 Å². The van der Waals surface area contributed by atoms with E-state index < -0.39 is 5.97 Å². The number of benzene rings is 2. The van der Waals surface area contributed by atoms with Crippen LogP contribution in [0.25, 0.3) is 0 Å². The highest BCUT2D eigenvalue weighted by molar-refractivity contribution is 6.30. The Morgan fingerprint density at radius 1 is 1.13 bits per heavy atom. The average Bonchev–Trinajstić information content (AvgIpc) is 2.73. The highest BCUT2D eigenvalue weighted by Gasteiger charge is 2.22. The van der Waals surface area contributed by atoms with Crippen LogP contribution in [0.3, 0.4) is 0 Å². The molecule has 2 aromatic carbocycles. The van der Waals surface area contributed by atoms with Crippen molar-refractivity contribution in [1.29, 1.82) is 0 Å². The minimum atomic E-state index is -0.401. The number of halogens is 1. The lowest BCUT2D eigenvalue weighted by molar-refractivity contribution is -0.142. The van der Waals surface area contributed by atoms with Gasteiger partial charge in [-0.25, -0.2) is 4.79 Å². The van der Waals surface area contributed by atoms with Gasteiger partial charge in [-0.05, 0) is 62.6 Å². The van der Waals surface area contributed by atoms with E-state index in [1.165, 1.54) is 12.7 Å². The second-order valence-electron chi connectivity index (χ2n) is 7.27. The molecule has 0 bridgehead atoms. The van der Waals surface area contributed by atoms with Crippen molar-refractivity contribution >= 4 is 23.3 Å². The first-order valence-corrected chi connectivity index (χ1v) is 10.8. The summed E-state index contributed by atoms with van der Waals surface area (Å²) in [5, 5.41) is 0.706. The maximum Gasteiger partial charge on any atom is 0.343 e. The summed E-state index contributed by atoms with van der Waals surface area (Å²) >= 11 is 6.25. The van der Waals surface area contributed by atoms with Crippen molar-refractivity contribution in [3.8, 4) is 5.75 Å². The van der Waals surface area contributed by atoms with Gasteiger partial charge >= 0.3 is 5.97 Å². The number of hydrogen-bond donors (Lipinski definition) is 0. The molecule has 2 rings (SSSR count). The number of rotatable bonds is 12. The summed E-state index contributed by atoms with van der Waals surface area (Å²) in [6.45, 7) is 7.05. The Labute approximate surface area is 184 Å². The predicted molar refractivity (Wildman–Crippen MR) is 121 cm³/mol. The van der Waals surface area contributed by atoms with Crippen molar-refractivity contribution in [2.45, 2.75) is 52.3 Å². The maximum atomic E-state index is 11.2. The standard InChI is InChI=1S/C24H32ClNO4/c1-5-6-14-29-19(3)26(22-9-7-8-21(25)16-22)18(2)15-20-10-12-23(13-11-20)30-17-24(27)28-4/h7-13,16,18-19H,5-6,14-15,17H2,1-4H3. The fraction of sp³-hybridized carbons (Fsp3) is 0.458. The molecule has 0 aromatic heterocycles. The quantitative estimate of drug-likeness (QED) is 0.251. The second-order valence-corrected chi connectivity index (χ2v) is 7.71. The van der Waals surface area contributed by atoms with E-state index >= 15 is 0 Å². The number of carbonyl (C=O) groups is 1. The molecule has 2 unspecified atom stereocenters. The number of anilines is 1. The highest BCUT2D eigenvalue weighted by Crippen LogP contribution is 2.26. The lowest BCUT2D eigenvalue weighted by Crippen LogP contribution is -2.43. The van der Waals surface area contributed by atoms with Gasteiger partial charge in [0, 0.05) is 23.4 Å².